The highest BCUT2D eigenvalue weighted by atomic mass is 32.2. The lowest BCUT2D eigenvalue weighted by Crippen LogP contribution is -2.55. The average molecular weight is 451 g/mol. The second-order valence-corrected chi connectivity index (χ2v) is 10.7. The molecule has 31 heavy (non-hydrogen) atoms. The summed E-state index contributed by atoms with van der Waals surface area (Å²) in [5.74, 6) is -0.153. The number of amides is 1. The average Bonchev–Trinajstić information content (AvgIpc) is 2.81. The third-order valence-corrected chi connectivity index (χ3v) is 8.87. The van der Waals surface area contributed by atoms with Crippen LogP contribution in [-0.4, -0.2) is 93.4 Å². The molecule has 0 bridgehead atoms. The molecule has 3 heterocycles. The van der Waals surface area contributed by atoms with Crippen LogP contribution in [0.1, 0.15) is 24.0 Å². The fraction of sp³-hybridized carbons (Fsp3) is 0.682. The minimum Gasteiger partial charge on any atom is -0.379 e. The maximum Gasteiger partial charge on any atom is 0.282 e. The van der Waals surface area contributed by atoms with Crippen LogP contribution in [0.3, 0.4) is 0 Å². The molecule has 0 spiro atoms. The zero-order valence-electron chi connectivity index (χ0n) is 18.6. The van der Waals surface area contributed by atoms with Gasteiger partial charge in [-0.15, -0.1) is 0 Å². The van der Waals surface area contributed by atoms with Crippen LogP contribution in [0.4, 0.5) is 5.69 Å². The third-order valence-electron chi connectivity index (χ3n) is 6.86. The molecule has 3 saturated heterocycles. The highest BCUT2D eigenvalue weighted by Gasteiger charge is 2.38. The zero-order chi connectivity index (χ0) is 22.0. The summed E-state index contributed by atoms with van der Waals surface area (Å²) in [6, 6.07) is 6.36. The van der Waals surface area contributed by atoms with Crippen LogP contribution in [0.15, 0.2) is 18.2 Å². The summed E-state index contributed by atoms with van der Waals surface area (Å²) in [5, 5.41) is 0. The number of carbonyl (C=O) groups is 1. The van der Waals surface area contributed by atoms with Crippen LogP contribution in [0.5, 0.6) is 0 Å². The van der Waals surface area contributed by atoms with E-state index >= 15 is 0 Å². The van der Waals surface area contributed by atoms with Crippen molar-refractivity contribution in [2.45, 2.75) is 26.7 Å². The van der Waals surface area contributed by atoms with Gasteiger partial charge in [0.05, 0.1) is 19.1 Å². The highest BCUT2D eigenvalue weighted by Crippen LogP contribution is 2.26. The first-order valence-corrected chi connectivity index (χ1v) is 12.7. The summed E-state index contributed by atoms with van der Waals surface area (Å²) in [5.41, 5.74) is 3.81. The number of piperidine rings is 1. The third kappa shape index (κ3) is 4.74. The van der Waals surface area contributed by atoms with Gasteiger partial charge in [-0.3, -0.25) is 4.79 Å². The van der Waals surface area contributed by atoms with Crippen LogP contribution in [0, 0.1) is 19.8 Å². The molecule has 3 aliphatic rings. The van der Waals surface area contributed by atoms with E-state index in [1.807, 2.05) is 4.90 Å². The molecule has 0 radical (unpaired) electrons. The van der Waals surface area contributed by atoms with Gasteiger partial charge in [0, 0.05) is 58.0 Å². The van der Waals surface area contributed by atoms with Gasteiger partial charge in [0.1, 0.15) is 0 Å². The number of nitrogens with zero attached hydrogens (tertiary/aromatic N) is 4. The van der Waals surface area contributed by atoms with Gasteiger partial charge in [-0.05, 0) is 43.9 Å². The Morgan fingerprint density at radius 1 is 0.968 bits per heavy atom. The Balaban J connectivity index is 1.36. The van der Waals surface area contributed by atoms with Gasteiger partial charge in [-0.1, -0.05) is 12.1 Å². The van der Waals surface area contributed by atoms with E-state index in [9.17, 15) is 13.2 Å². The summed E-state index contributed by atoms with van der Waals surface area (Å²) in [6.45, 7) is 9.65. The summed E-state index contributed by atoms with van der Waals surface area (Å²) in [6.07, 6.45) is 1.48. The molecule has 0 N–H and O–H groups in total. The first kappa shape index (κ1) is 22.5. The molecule has 0 unspecified atom stereocenters. The van der Waals surface area contributed by atoms with Gasteiger partial charge in [-0.2, -0.15) is 17.0 Å². The Kier molecular flexibility index (Phi) is 6.86. The first-order chi connectivity index (χ1) is 14.9. The number of benzene rings is 1. The number of piperazine rings is 1. The number of aryl methyl sites for hydroxylation is 1. The van der Waals surface area contributed by atoms with E-state index in [-0.39, 0.29) is 18.4 Å². The van der Waals surface area contributed by atoms with Crippen molar-refractivity contribution in [3.8, 4) is 0 Å². The molecule has 4 rings (SSSR count). The number of morpholine rings is 1. The van der Waals surface area contributed by atoms with Crippen LogP contribution >= 0.6 is 0 Å². The summed E-state index contributed by atoms with van der Waals surface area (Å²) in [7, 11) is -3.53. The predicted octanol–water partition coefficient (Wildman–Crippen LogP) is 1.24. The molecule has 3 fully saturated rings. The SMILES string of the molecule is Cc1cccc(N2CCN(C(=O)[C@H]3CCCN(S(=O)(=O)N4CCOCC4)C3)CC2)c1C. The van der Waals surface area contributed by atoms with Crippen molar-refractivity contribution in [1.29, 1.82) is 0 Å². The molecule has 1 amide bonds. The second kappa shape index (κ2) is 9.44. The number of carbonyl (C=O) groups excluding carboxylic acids is 1. The van der Waals surface area contributed by atoms with Crippen molar-refractivity contribution in [1.82, 2.24) is 13.5 Å². The zero-order valence-corrected chi connectivity index (χ0v) is 19.4. The molecule has 0 aliphatic carbocycles. The van der Waals surface area contributed by atoms with Crippen molar-refractivity contribution in [2.75, 3.05) is 70.5 Å². The van der Waals surface area contributed by atoms with E-state index in [1.54, 1.807) is 0 Å². The summed E-state index contributed by atoms with van der Waals surface area (Å²) < 4.78 is 34.3. The van der Waals surface area contributed by atoms with E-state index in [4.69, 9.17) is 4.74 Å². The lowest BCUT2D eigenvalue weighted by molar-refractivity contribution is -0.137. The number of anilines is 1. The number of rotatable bonds is 4. The maximum absolute atomic E-state index is 13.2. The fourth-order valence-electron chi connectivity index (χ4n) is 4.80. The number of hydrogen-bond donors (Lipinski definition) is 0. The van der Waals surface area contributed by atoms with E-state index < -0.39 is 10.2 Å². The second-order valence-electron chi connectivity index (χ2n) is 8.75. The molecule has 3 aliphatic heterocycles. The molecule has 1 aromatic rings. The van der Waals surface area contributed by atoms with Crippen molar-refractivity contribution >= 4 is 21.8 Å². The minimum atomic E-state index is -3.53. The number of ether oxygens (including phenoxy) is 1. The van der Waals surface area contributed by atoms with E-state index in [0.29, 0.717) is 45.9 Å². The van der Waals surface area contributed by atoms with Gasteiger partial charge in [0.15, 0.2) is 0 Å². The van der Waals surface area contributed by atoms with E-state index in [0.717, 1.165) is 25.9 Å². The monoisotopic (exact) mass is 450 g/mol. The highest BCUT2D eigenvalue weighted by molar-refractivity contribution is 7.86. The summed E-state index contributed by atoms with van der Waals surface area (Å²) in [4.78, 5) is 17.5. The van der Waals surface area contributed by atoms with Crippen LogP contribution < -0.4 is 4.90 Å². The normalized spacial score (nSPS) is 24.4. The lowest BCUT2D eigenvalue weighted by Gasteiger charge is -2.40. The van der Waals surface area contributed by atoms with Crippen molar-refractivity contribution < 1.29 is 17.9 Å². The van der Waals surface area contributed by atoms with Crippen molar-refractivity contribution in [3.63, 3.8) is 0 Å². The predicted molar refractivity (Wildman–Crippen MR) is 120 cm³/mol. The molecule has 8 nitrogen and oxygen atoms in total. The van der Waals surface area contributed by atoms with Crippen molar-refractivity contribution in [2.24, 2.45) is 5.92 Å². The molecular weight excluding hydrogens is 416 g/mol. The molecule has 1 aromatic carbocycles. The van der Waals surface area contributed by atoms with Gasteiger partial charge < -0.3 is 14.5 Å². The number of hydrogen-bond acceptors (Lipinski definition) is 5. The maximum atomic E-state index is 13.2. The lowest BCUT2D eigenvalue weighted by atomic mass is 9.97. The van der Waals surface area contributed by atoms with Crippen LogP contribution in [-0.2, 0) is 19.7 Å². The van der Waals surface area contributed by atoms with Gasteiger partial charge in [0.2, 0.25) is 5.91 Å². The Bertz CT molecular complexity index is 893. The van der Waals surface area contributed by atoms with Gasteiger partial charge in [0.25, 0.3) is 10.2 Å². The standard InChI is InChI=1S/C22H34N4O4S/c1-18-5-3-7-21(19(18)2)23-9-11-24(12-10-23)22(27)20-6-4-8-26(17-20)31(28,29)25-13-15-30-16-14-25/h3,5,7,20H,4,6,8-17H2,1-2H3/t20-/m0/s1. The molecule has 0 aromatic heterocycles. The smallest absolute Gasteiger partial charge is 0.282 e. The Labute approximate surface area is 185 Å². The molecule has 1 atom stereocenters. The molecule has 9 heteroatoms. The van der Waals surface area contributed by atoms with Gasteiger partial charge >= 0.3 is 0 Å². The fourth-order valence-corrected chi connectivity index (χ4v) is 6.46. The van der Waals surface area contributed by atoms with Crippen molar-refractivity contribution in [3.05, 3.63) is 29.3 Å². The van der Waals surface area contributed by atoms with E-state index in [1.165, 1.54) is 25.4 Å². The quantitative estimate of drug-likeness (QED) is 0.690. The molecular formula is C22H34N4O4S. The molecule has 172 valence electrons. The Morgan fingerprint density at radius 3 is 2.39 bits per heavy atom. The van der Waals surface area contributed by atoms with Crippen LogP contribution in [0.25, 0.3) is 0 Å². The Hall–Kier alpha value is -1.68. The first-order valence-electron chi connectivity index (χ1n) is 11.3. The molecule has 0 saturated carbocycles. The largest absolute Gasteiger partial charge is 0.379 e. The van der Waals surface area contributed by atoms with Gasteiger partial charge in [-0.25, -0.2) is 0 Å². The topological polar surface area (TPSA) is 73.4 Å². The summed E-state index contributed by atoms with van der Waals surface area (Å²) >= 11 is 0. The minimum absolute atomic E-state index is 0.0995. The van der Waals surface area contributed by atoms with Crippen LogP contribution in [0.2, 0.25) is 0 Å². The van der Waals surface area contributed by atoms with E-state index in [2.05, 4.69) is 36.9 Å². The Morgan fingerprint density at radius 2 is 1.68 bits per heavy atom.